The highest BCUT2D eigenvalue weighted by atomic mass is 16.5. The van der Waals surface area contributed by atoms with Crippen molar-refractivity contribution in [1.82, 2.24) is 15.2 Å². The summed E-state index contributed by atoms with van der Waals surface area (Å²) in [5, 5.41) is 3.89. The molecule has 1 aromatic heterocycles. The zero-order chi connectivity index (χ0) is 21.1. The molecule has 3 aromatic rings. The Hall–Kier alpha value is -3.48. The molecule has 1 aliphatic heterocycles. The van der Waals surface area contributed by atoms with Gasteiger partial charge in [0.25, 0.3) is 5.91 Å². The van der Waals surface area contributed by atoms with Crippen molar-refractivity contribution in [1.29, 1.82) is 0 Å². The van der Waals surface area contributed by atoms with Crippen LogP contribution in [0.5, 0.6) is 11.5 Å². The first-order chi connectivity index (χ1) is 14.6. The summed E-state index contributed by atoms with van der Waals surface area (Å²) in [6, 6.07) is 13.0. The standard InChI is InChI=1S/C23H25N3O4/c1-15(27)26-11-9-20-18(14-26)17-13-16(7-8-19(17)25-20)23(28)24-10-12-30-22-6-4-3-5-21(22)29-2/h3-8,13,25H,9-12,14H2,1-2H3,(H,24,28). The molecule has 2 N–H and O–H groups in total. The molecule has 0 atom stereocenters. The number of rotatable bonds is 6. The van der Waals surface area contributed by atoms with E-state index in [-0.39, 0.29) is 11.8 Å². The number of methoxy groups -OCH3 is 1. The molecule has 0 radical (unpaired) electrons. The molecule has 0 unspecified atom stereocenters. The van der Waals surface area contributed by atoms with Crippen LogP contribution in [-0.4, -0.2) is 48.5 Å². The number of amides is 2. The minimum atomic E-state index is -0.158. The van der Waals surface area contributed by atoms with Gasteiger partial charge in [-0.3, -0.25) is 9.59 Å². The van der Waals surface area contributed by atoms with Crippen LogP contribution in [0.3, 0.4) is 0 Å². The Morgan fingerprint density at radius 3 is 2.73 bits per heavy atom. The Bertz CT molecular complexity index is 1090. The molecular formula is C23H25N3O4. The monoisotopic (exact) mass is 407 g/mol. The molecule has 1 aliphatic rings. The zero-order valence-electron chi connectivity index (χ0n) is 17.2. The van der Waals surface area contributed by atoms with Crippen molar-refractivity contribution in [3.05, 3.63) is 59.3 Å². The lowest BCUT2D eigenvalue weighted by atomic mass is 10.0. The summed E-state index contributed by atoms with van der Waals surface area (Å²) >= 11 is 0. The fourth-order valence-corrected chi connectivity index (χ4v) is 3.79. The molecule has 30 heavy (non-hydrogen) atoms. The number of hydrogen-bond acceptors (Lipinski definition) is 4. The molecule has 2 heterocycles. The number of nitrogens with zero attached hydrogens (tertiary/aromatic N) is 1. The highest BCUT2D eigenvalue weighted by molar-refractivity contribution is 5.99. The third-order valence-electron chi connectivity index (χ3n) is 5.40. The van der Waals surface area contributed by atoms with Crippen LogP contribution in [0.4, 0.5) is 0 Å². The molecule has 2 amide bonds. The number of nitrogens with one attached hydrogen (secondary N) is 2. The van der Waals surface area contributed by atoms with Crippen molar-refractivity contribution < 1.29 is 19.1 Å². The van der Waals surface area contributed by atoms with Gasteiger partial charge in [-0.1, -0.05) is 12.1 Å². The van der Waals surface area contributed by atoms with Gasteiger partial charge in [0.05, 0.1) is 13.7 Å². The lowest BCUT2D eigenvalue weighted by Crippen LogP contribution is -2.34. The largest absolute Gasteiger partial charge is 0.493 e. The van der Waals surface area contributed by atoms with Crippen LogP contribution in [0.25, 0.3) is 10.9 Å². The molecule has 0 aliphatic carbocycles. The predicted molar refractivity (Wildman–Crippen MR) is 114 cm³/mol. The third kappa shape index (κ3) is 3.96. The maximum atomic E-state index is 12.6. The highest BCUT2D eigenvalue weighted by Gasteiger charge is 2.22. The van der Waals surface area contributed by atoms with Gasteiger partial charge in [0, 0.05) is 54.2 Å². The number of aromatic nitrogens is 1. The van der Waals surface area contributed by atoms with Crippen molar-refractivity contribution in [3.63, 3.8) is 0 Å². The molecule has 0 bridgehead atoms. The number of para-hydroxylation sites is 2. The second-order valence-electron chi connectivity index (χ2n) is 7.29. The summed E-state index contributed by atoms with van der Waals surface area (Å²) in [7, 11) is 1.59. The lowest BCUT2D eigenvalue weighted by Gasteiger charge is -2.26. The van der Waals surface area contributed by atoms with E-state index in [1.54, 1.807) is 14.0 Å². The first-order valence-corrected chi connectivity index (χ1v) is 10.00. The summed E-state index contributed by atoms with van der Waals surface area (Å²) in [6.45, 7) is 3.59. The van der Waals surface area contributed by atoms with E-state index in [4.69, 9.17) is 9.47 Å². The van der Waals surface area contributed by atoms with Gasteiger partial charge < -0.3 is 24.7 Å². The van der Waals surface area contributed by atoms with Gasteiger partial charge in [0.2, 0.25) is 5.91 Å². The van der Waals surface area contributed by atoms with Gasteiger partial charge in [-0.2, -0.15) is 0 Å². The van der Waals surface area contributed by atoms with E-state index < -0.39 is 0 Å². The van der Waals surface area contributed by atoms with Crippen molar-refractivity contribution in [2.24, 2.45) is 0 Å². The highest BCUT2D eigenvalue weighted by Crippen LogP contribution is 2.29. The summed E-state index contributed by atoms with van der Waals surface area (Å²) in [5.74, 6) is 1.21. The van der Waals surface area contributed by atoms with Crippen molar-refractivity contribution >= 4 is 22.7 Å². The Morgan fingerprint density at radius 2 is 1.97 bits per heavy atom. The molecule has 0 saturated heterocycles. The van der Waals surface area contributed by atoms with E-state index >= 15 is 0 Å². The SMILES string of the molecule is COc1ccccc1OCCNC(=O)c1ccc2[nH]c3c(c2c1)CN(C(C)=O)CC3. The predicted octanol–water partition coefficient (Wildman–Crippen LogP) is 2.89. The minimum Gasteiger partial charge on any atom is -0.493 e. The van der Waals surface area contributed by atoms with E-state index in [2.05, 4.69) is 10.3 Å². The van der Waals surface area contributed by atoms with E-state index in [0.29, 0.717) is 43.3 Å². The second-order valence-corrected chi connectivity index (χ2v) is 7.29. The molecule has 4 rings (SSSR count). The van der Waals surface area contributed by atoms with Gasteiger partial charge in [0.1, 0.15) is 6.61 Å². The average Bonchev–Trinajstić information content (AvgIpc) is 3.13. The Labute approximate surface area is 175 Å². The Balaban J connectivity index is 1.41. The smallest absolute Gasteiger partial charge is 0.251 e. The Morgan fingerprint density at radius 1 is 1.17 bits per heavy atom. The molecule has 2 aromatic carbocycles. The van der Waals surface area contributed by atoms with Crippen LogP contribution in [0, 0.1) is 0 Å². The average molecular weight is 407 g/mol. The fraction of sp³-hybridized carbons (Fsp3) is 0.304. The summed E-state index contributed by atoms with van der Waals surface area (Å²) < 4.78 is 11.0. The number of benzene rings is 2. The van der Waals surface area contributed by atoms with Gasteiger partial charge in [-0.25, -0.2) is 0 Å². The second kappa shape index (κ2) is 8.49. The molecule has 7 nitrogen and oxygen atoms in total. The molecule has 0 fully saturated rings. The minimum absolute atomic E-state index is 0.0685. The molecule has 7 heteroatoms. The van der Waals surface area contributed by atoms with E-state index in [1.165, 1.54) is 0 Å². The molecule has 156 valence electrons. The molecule has 0 saturated carbocycles. The van der Waals surface area contributed by atoms with E-state index in [9.17, 15) is 9.59 Å². The van der Waals surface area contributed by atoms with Crippen LogP contribution in [0.15, 0.2) is 42.5 Å². The van der Waals surface area contributed by atoms with Gasteiger partial charge in [0.15, 0.2) is 11.5 Å². The number of carbonyl (C=O) groups is 2. The summed E-state index contributed by atoms with van der Waals surface area (Å²) in [5.41, 5.74) is 3.81. The maximum Gasteiger partial charge on any atom is 0.251 e. The number of H-pyrrole nitrogens is 1. The van der Waals surface area contributed by atoms with Crippen LogP contribution >= 0.6 is 0 Å². The lowest BCUT2D eigenvalue weighted by molar-refractivity contribution is -0.129. The molecule has 0 spiro atoms. The van der Waals surface area contributed by atoms with Gasteiger partial charge in [-0.15, -0.1) is 0 Å². The van der Waals surface area contributed by atoms with Gasteiger partial charge in [-0.05, 0) is 30.3 Å². The third-order valence-corrected chi connectivity index (χ3v) is 5.40. The van der Waals surface area contributed by atoms with Crippen molar-refractivity contribution in [3.8, 4) is 11.5 Å². The first-order valence-electron chi connectivity index (χ1n) is 10.00. The Kier molecular flexibility index (Phi) is 5.61. The van der Waals surface area contributed by atoms with E-state index in [0.717, 1.165) is 28.6 Å². The number of ether oxygens (including phenoxy) is 2. The van der Waals surface area contributed by atoms with E-state index in [1.807, 2.05) is 47.4 Å². The van der Waals surface area contributed by atoms with Crippen LogP contribution < -0.4 is 14.8 Å². The quantitative estimate of drug-likeness (QED) is 0.616. The topological polar surface area (TPSA) is 83.7 Å². The summed E-state index contributed by atoms with van der Waals surface area (Å²) in [6.07, 6.45) is 0.797. The number of hydrogen-bond donors (Lipinski definition) is 2. The maximum absolute atomic E-state index is 12.6. The van der Waals surface area contributed by atoms with Crippen LogP contribution in [0.2, 0.25) is 0 Å². The number of aromatic amines is 1. The van der Waals surface area contributed by atoms with Crippen LogP contribution in [-0.2, 0) is 17.8 Å². The normalized spacial score (nSPS) is 13.1. The van der Waals surface area contributed by atoms with Crippen molar-refractivity contribution in [2.75, 3.05) is 26.8 Å². The number of fused-ring (bicyclic) bond motifs is 3. The summed E-state index contributed by atoms with van der Waals surface area (Å²) in [4.78, 5) is 29.6. The van der Waals surface area contributed by atoms with Gasteiger partial charge >= 0.3 is 0 Å². The zero-order valence-corrected chi connectivity index (χ0v) is 17.2. The van der Waals surface area contributed by atoms with Crippen LogP contribution in [0.1, 0.15) is 28.5 Å². The first kappa shape index (κ1) is 19.8. The fourth-order valence-electron chi connectivity index (χ4n) is 3.79. The van der Waals surface area contributed by atoms with Crippen molar-refractivity contribution in [2.45, 2.75) is 19.9 Å². The molecular weight excluding hydrogens is 382 g/mol. The number of carbonyl (C=O) groups excluding carboxylic acids is 2.